The molecule has 1 aliphatic rings. The molecule has 0 aliphatic carbocycles. The first-order valence-electron chi connectivity index (χ1n) is 7.59. The second-order valence-corrected chi connectivity index (χ2v) is 6.49. The number of hydrogen-bond donors (Lipinski definition) is 2. The Morgan fingerprint density at radius 1 is 1.42 bits per heavy atom. The molecular weight excluding hydrogens is 336 g/mol. The number of carbonyl (C=O) groups is 1. The monoisotopic (exact) mass is 358 g/mol. The summed E-state index contributed by atoms with van der Waals surface area (Å²) in [6.07, 6.45) is -0.393. The van der Waals surface area contributed by atoms with E-state index in [0.717, 1.165) is 12.1 Å². The van der Waals surface area contributed by atoms with Crippen molar-refractivity contribution >= 4 is 17.6 Å². The van der Waals surface area contributed by atoms with Crippen LogP contribution in [0.5, 0.6) is 11.5 Å². The van der Waals surface area contributed by atoms with Crippen LogP contribution in [0.1, 0.15) is 5.56 Å². The third-order valence-corrected chi connectivity index (χ3v) is 4.31. The number of carboxylic acid groups (broad SMARTS) is 1. The third kappa shape index (κ3) is 4.51. The van der Waals surface area contributed by atoms with E-state index in [2.05, 4.69) is 4.90 Å². The zero-order valence-electron chi connectivity index (χ0n) is 14.0. The molecule has 0 spiro atoms. The molecule has 0 amide bonds. The van der Waals surface area contributed by atoms with Crippen LogP contribution in [0.25, 0.3) is 0 Å². The number of aliphatic hydroxyl groups excluding tert-OH is 1. The number of halogens is 1. The molecule has 1 fully saturated rings. The molecule has 0 bridgehead atoms. The minimum atomic E-state index is -1.09. The van der Waals surface area contributed by atoms with Gasteiger partial charge in [-0.25, -0.2) is 4.79 Å². The zero-order valence-corrected chi connectivity index (χ0v) is 14.8. The first kappa shape index (κ1) is 18.8. The number of β-amino-alcohol motifs (C(OH)–C–C–N with tert-alkyl or cyclic N) is 1. The van der Waals surface area contributed by atoms with E-state index in [1.54, 1.807) is 12.1 Å². The molecule has 1 saturated heterocycles. The van der Waals surface area contributed by atoms with Crippen molar-refractivity contribution in [2.45, 2.75) is 18.7 Å². The molecule has 1 aromatic carbocycles. The Kier molecular flexibility index (Phi) is 6.28. The largest absolute Gasteiger partial charge is 0.493 e. The second kappa shape index (κ2) is 8.02. The minimum absolute atomic E-state index is 0.0977. The fourth-order valence-corrected chi connectivity index (χ4v) is 3.17. The van der Waals surface area contributed by atoms with Crippen molar-refractivity contribution in [2.24, 2.45) is 0 Å². The number of aliphatic hydroxyl groups is 1. The molecule has 1 heterocycles. The zero-order chi connectivity index (χ0) is 17.9. The van der Waals surface area contributed by atoms with Gasteiger partial charge in [0, 0.05) is 25.7 Å². The highest BCUT2D eigenvalue weighted by Crippen LogP contribution is 2.37. The number of likely N-dealkylation sites (tertiary alicyclic amines) is 1. The lowest BCUT2D eigenvalue weighted by atomic mass is 10.2. The van der Waals surface area contributed by atoms with E-state index in [-0.39, 0.29) is 11.8 Å². The number of carboxylic acids is 1. The topological polar surface area (TPSA) is 82.5 Å². The van der Waals surface area contributed by atoms with Crippen LogP contribution >= 0.6 is 11.6 Å². The van der Waals surface area contributed by atoms with Gasteiger partial charge in [-0.05, 0) is 31.8 Å². The van der Waals surface area contributed by atoms with Crippen LogP contribution in [-0.4, -0.2) is 79.0 Å². The van der Waals surface area contributed by atoms with Gasteiger partial charge in [0.25, 0.3) is 0 Å². The molecule has 0 unspecified atom stereocenters. The Morgan fingerprint density at radius 3 is 2.67 bits per heavy atom. The highest BCUT2D eigenvalue weighted by molar-refractivity contribution is 6.32. The van der Waals surface area contributed by atoms with Crippen LogP contribution < -0.4 is 9.47 Å². The fourth-order valence-electron chi connectivity index (χ4n) is 2.88. The van der Waals surface area contributed by atoms with Gasteiger partial charge in [-0.2, -0.15) is 0 Å². The van der Waals surface area contributed by atoms with Gasteiger partial charge in [0.2, 0.25) is 0 Å². The van der Waals surface area contributed by atoms with Crippen LogP contribution in [0, 0.1) is 0 Å². The molecule has 1 aliphatic heterocycles. The molecule has 1 aromatic rings. The highest BCUT2D eigenvalue weighted by Gasteiger charge is 2.32. The summed E-state index contributed by atoms with van der Waals surface area (Å²) in [6.45, 7) is 1.46. The Bertz CT molecular complexity index is 596. The number of rotatable bonds is 7. The van der Waals surface area contributed by atoms with Gasteiger partial charge in [-0.3, -0.25) is 4.90 Å². The second-order valence-electron chi connectivity index (χ2n) is 6.08. The summed E-state index contributed by atoms with van der Waals surface area (Å²) in [4.78, 5) is 14.8. The number of hydrogen-bond acceptors (Lipinski definition) is 6. The van der Waals surface area contributed by atoms with E-state index in [9.17, 15) is 9.90 Å². The lowest BCUT2D eigenvalue weighted by molar-refractivity contribution is -0.139. The van der Waals surface area contributed by atoms with Crippen LogP contribution in [-0.2, 0) is 11.3 Å². The molecule has 2 N–H and O–H groups in total. The third-order valence-electron chi connectivity index (χ3n) is 4.03. The van der Waals surface area contributed by atoms with Crippen molar-refractivity contribution < 1.29 is 24.5 Å². The summed E-state index contributed by atoms with van der Waals surface area (Å²) in [5.74, 6) is -0.474. The molecule has 134 valence electrons. The minimum Gasteiger partial charge on any atom is -0.493 e. The van der Waals surface area contributed by atoms with Crippen molar-refractivity contribution in [2.75, 3.05) is 40.9 Å². The molecule has 24 heavy (non-hydrogen) atoms. The standard InChI is InChI=1S/C16H23ClN2O5/c1-18(2)12-7-19(8-13(12)20)6-10-4-11(17)16(14(5-10)23-3)24-9-15(21)22/h4-5,12-13,20H,6-9H2,1-3H3,(H,21,22)/t12-,13-/m1/s1. The Balaban J connectivity index is 2.12. The van der Waals surface area contributed by atoms with Gasteiger partial charge < -0.3 is 24.6 Å². The van der Waals surface area contributed by atoms with Crippen LogP contribution in [0.3, 0.4) is 0 Å². The summed E-state index contributed by atoms with van der Waals surface area (Å²) in [6, 6.07) is 3.61. The highest BCUT2D eigenvalue weighted by atomic mass is 35.5. The molecule has 2 rings (SSSR count). The summed E-state index contributed by atoms with van der Waals surface area (Å²) in [5.41, 5.74) is 0.908. The number of nitrogens with zero attached hydrogens (tertiary/aromatic N) is 2. The average molecular weight is 359 g/mol. The molecule has 2 atom stereocenters. The van der Waals surface area contributed by atoms with Crippen molar-refractivity contribution in [3.63, 3.8) is 0 Å². The first-order chi connectivity index (χ1) is 11.3. The van der Waals surface area contributed by atoms with Gasteiger partial charge in [0.1, 0.15) is 0 Å². The number of methoxy groups -OCH3 is 1. The fraction of sp³-hybridized carbons (Fsp3) is 0.562. The van der Waals surface area contributed by atoms with Gasteiger partial charge >= 0.3 is 5.97 Å². The number of benzene rings is 1. The Hall–Kier alpha value is -1.54. The van der Waals surface area contributed by atoms with Gasteiger partial charge in [-0.15, -0.1) is 0 Å². The summed E-state index contributed by atoms with van der Waals surface area (Å²) >= 11 is 6.22. The van der Waals surface area contributed by atoms with Gasteiger partial charge in [0.05, 0.1) is 18.2 Å². The van der Waals surface area contributed by atoms with Gasteiger partial charge in [0.15, 0.2) is 18.1 Å². The maximum absolute atomic E-state index is 10.7. The van der Waals surface area contributed by atoms with Crippen molar-refractivity contribution in [3.05, 3.63) is 22.7 Å². The molecule has 0 radical (unpaired) electrons. The van der Waals surface area contributed by atoms with Crippen LogP contribution in [0.15, 0.2) is 12.1 Å². The van der Waals surface area contributed by atoms with Crippen LogP contribution in [0.4, 0.5) is 0 Å². The van der Waals surface area contributed by atoms with Crippen molar-refractivity contribution in [1.29, 1.82) is 0 Å². The average Bonchev–Trinajstić information content (AvgIpc) is 2.86. The van der Waals surface area contributed by atoms with E-state index in [4.69, 9.17) is 26.2 Å². The number of ether oxygens (including phenoxy) is 2. The smallest absolute Gasteiger partial charge is 0.341 e. The Labute approximate surface area is 146 Å². The first-order valence-corrected chi connectivity index (χ1v) is 7.97. The van der Waals surface area contributed by atoms with E-state index < -0.39 is 18.7 Å². The molecule has 8 heteroatoms. The predicted octanol–water partition coefficient (Wildman–Crippen LogP) is 0.919. The lowest BCUT2D eigenvalue weighted by Gasteiger charge is -2.22. The molecule has 7 nitrogen and oxygen atoms in total. The maximum Gasteiger partial charge on any atom is 0.341 e. The molecule has 0 saturated carbocycles. The Morgan fingerprint density at radius 2 is 2.12 bits per heavy atom. The van der Waals surface area contributed by atoms with Crippen LogP contribution in [0.2, 0.25) is 5.02 Å². The van der Waals surface area contributed by atoms with Crippen molar-refractivity contribution in [3.8, 4) is 11.5 Å². The summed E-state index contributed by atoms with van der Waals surface area (Å²) in [5, 5.41) is 19.1. The van der Waals surface area contributed by atoms with E-state index in [0.29, 0.717) is 23.9 Å². The van der Waals surface area contributed by atoms with E-state index >= 15 is 0 Å². The van der Waals surface area contributed by atoms with Gasteiger partial charge in [-0.1, -0.05) is 11.6 Å². The number of aliphatic carboxylic acids is 1. The summed E-state index contributed by atoms with van der Waals surface area (Å²) < 4.78 is 10.5. The number of likely N-dealkylation sites (N-methyl/N-ethyl adjacent to an activating group) is 1. The molecular formula is C16H23ClN2O5. The van der Waals surface area contributed by atoms with E-state index in [1.807, 2.05) is 19.0 Å². The quantitative estimate of drug-likeness (QED) is 0.750. The lowest BCUT2D eigenvalue weighted by Crippen LogP contribution is -2.37. The normalized spacial score (nSPS) is 21.2. The maximum atomic E-state index is 10.7. The SMILES string of the molecule is COc1cc(CN2C[C@@H](O)[C@H](N(C)C)C2)cc(Cl)c1OCC(=O)O. The summed E-state index contributed by atoms with van der Waals surface area (Å²) in [7, 11) is 5.38. The van der Waals surface area contributed by atoms with E-state index in [1.165, 1.54) is 7.11 Å². The predicted molar refractivity (Wildman–Crippen MR) is 89.9 cm³/mol. The molecule has 0 aromatic heterocycles. The van der Waals surface area contributed by atoms with Crippen molar-refractivity contribution in [1.82, 2.24) is 9.80 Å².